The van der Waals surface area contributed by atoms with Crippen LogP contribution >= 0.6 is 0 Å². The first-order chi connectivity index (χ1) is 9.65. The quantitative estimate of drug-likeness (QED) is 0.875. The molecule has 2 aromatic rings. The number of benzene rings is 1. The fourth-order valence-corrected chi connectivity index (χ4v) is 2.55. The van der Waals surface area contributed by atoms with Crippen LogP contribution in [0, 0.1) is 0 Å². The van der Waals surface area contributed by atoms with Crippen LogP contribution < -0.4 is 16.2 Å². The van der Waals surface area contributed by atoms with Gasteiger partial charge in [-0.2, -0.15) is 5.10 Å². The lowest BCUT2D eigenvalue weighted by molar-refractivity contribution is 0.0995. The highest BCUT2D eigenvalue weighted by Crippen LogP contribution is 2.34. The van der Waals surface area contributed by atoms with Crippen LogP contribution in [0.3, 0.4) is 0 Å². The van der Waals surface area contributed by atoms with Gasteiger partial charge in [0.15, 0.2) is 5.69 Å². The number of nitrogens with zero attached hydrogens (tertiary/aromatic N) is 2. The molecule has 6 nitrogen and oxygen atoms in total. The van der Waals surface area contributed by atoms with E-state index >= 15 is 0 Å². The van der Waals surface area contributed by atoms with Crippen molar-refractivity contribution < 1.29 is 9.53 Å². The van der Waals surface area contributed by atoms with E-state index in [-0.39, 0.29) is 5.69 Å². The number of hydrogen-bond acceptors (Lipinski definition) is 4. The molecule has 3 rings (SSSR count). The number of nitrogens with two attached hydrogens (primary N) is 2. The Labute approximate surface area is 116 Å². The van der Waals surface area contributed by atoms with Crippen molar-refractivity contribution in [1.82, 2.24) is 9.78 Å². The van der Waals surface area contributed by atoms with Gasteiger partial charge in [0.05, 0.1) is 12.3 Å². The minimum atomic E-state index is -0.603. The summed E-state index contributed by atoms with van der Waals surface area (Å²) < 4.78 is 7.31. The summed E-state index contributed by atoms with van der Waals surface area (Å²) in [7, 11) is 0. The summed E-state index contributed by atoms with van der Waals surface area (Å²) in [5, 5.41) is 4.15. The predicted octanol–water partition coefficient (Wildman–Crippen LogP) is 1.13. The summed E-state index contributed by atoms with van der Waals surface area (Å²) in [5.41, 5.74) is 12.6. The monoisotopic (exact) mass is 272 g/mol. The van der Waals surface area contributed by atoms with E-state index in [0.29, 0.717) is 24.8 Å². The van der Waals surface area contributed by atoms with Gasteiger partial charge in [0.2, 0.25) is 0 Å². The molecular weight excluding hydrogens is 256 g/mol. The van der Waals surface area contributed by atoms with Crippen molar-refractivity contribution in [3.8, 4) is 5.75 Å². The van der Waals surface area contributed by atoms with Crippen LogP contribution in [0.5, 0.6) is 5.75 Å². The average molecular weight is 272 g/mol. The summed E-state index contributed by atoms with van der Waals surface area (Å²) in [5.74, 6) is 0.604. The zero-order valence-electron chi connectivity index (χ0n) is 11.0. The van der Waals surface area contributed by atoms with E-state index in [1.165, 1.54) is 0 Å². The molecule has 2 heterocycles. The minimum Gasteiger partial charge on any atom is -0.493 e. The van der Waals surface area contributed by atoms with Gasteiger partial charge in [-0.15, -0.1) is 0 Å². The second kappa shape index (κ2) is 4.88. The molecule has 1 aromatic carbocycles. The fourth-order valence-electron chi connectivity index (χ4n) is 2.55. The van der Waals surface area contributed by atoms with Crippen molar-refractivity contribution in [2.75, 3.05) is 12.3 Å². The lowest BCUT2D eigenvalue weighted by Gasteiger charge is -2.25. The Hall–Kier alpha value is -2.50. The Morgan fingerprint density at radius 2 is 2.25 bits per heavy atom. The first-order valence-electron chi connectivity index (χ1n) is 6.49. The van der Waals surface area contributed by atoms with E-state index in [9.17, 15) is 4.79 Å². The number of nitrogen functional groups attached to an aromatic ring is 1. The molecule has 0 bridgehead atoms. The molecule has 0 fully saturated rings. The van der Waals surface area contributed by atoms with Gasteiger partial charge < -0.3 is 16.2 Å². The Kier molecular flexibility index (Phi) is 3.06. The smallest absolute Gasteiger partial charge is 0.271 e. The Morgan fingerprint density at radius 1 is 1.45 bits per heavy atom. The van der Waals surface area contributed by atoms with Crippen molar-refractivity contribution in [2.24, 2.45) is 5.73 Å². The van der Waals surface area contributed by atoms with Gasteiger partial charge in [0, 0.05) is 18.7 Å². The van der Waals surface area contributed by atoms with E-state index < -0.39 is 5.91 Å². The van der Waals surface area contributed by atoms with Crippen LogP contribution in [-0.4, -0.2) is 22.3 Å². The molecule has 1 amide bonds. The van der Waals surface area contributed by atoms with E-state index in [4.69, 9.17) is 16.2 Å². The zero-order chi connectivity index (χ0) is 14.1. The van der Waals surface area contributed by atoms with E-state index in [1.54, 1.807) is 10.9 Å². The van der Waals surface area contributed by atoms with Crippen LogP contribution in [0.1, 0.15) is 28.4 Å². The van der Waals surface area contributed by atoms with Gasteiger partial charge in [-0.3, -0.25) is 9.48 Å². The Balaban J connectivity index is 1.86. The van der Waals surface area contributed by atoms with Crippen molar-refractivity contribution in [2.45, 2.75) is 18.9 Å². The maximum atomic E-state index is 11.2. The molecule has 0 saturated carbocycles. The molecule has 1 aromatic heterocycles. The summed E-state index contributed by atoms with van der Waals surface area (Å²) in [6, 6.07) is 7.97. The first-order valence-corrected chi connectivity index (χ1v) is 6.49. The van der Waals surface area contributed by atoms with Crippen LogP contribution in [0.15, 0.2) is 30.5 Å². The number of primary amides is 1. The molecular formula is C14H16N4O2. The van der Waals surface area contributed by atoms with Crippen LogP contribution in [0.2, 0.25) is 0 Å². The van der Waals surface area contributed by atoms with Crippen molar-refractivity contribution in [3.05, 3.63) is 41.7 Å². The fraction of sp³-hybridized carbons (Fsp3) is 0.286. The second-order valence-electron chi connectivity index (χ2n) is 4.89. The van der Waals surface area contributed by atoms with Crippen molar-refractivity contribution in [3.63, 3.8) is 0 Å². The highest BCUT2D eigenvalue weighted by molar-refractivity contribution is 5.95. The largest absolute Gasteiger partial charge is 0.493 e. The number of amides is 1. The highest BCUT2D eigenvalue weighted by atomic mass is 16.5. The van der Waals surface area contributed by atoms with Crippen LogP contribution in [-0.2, 0) is 6.54 Å². The number of carbonyl (C=O) groups is 1. The molecule has 1 unspecified atom stereocenters. The number of ether oxygens (including phenoxy) is 1. The number of hydrogen-bond donors (Lipinski definition) is 2. The standard InChI is InChI=1S/C14H16N4O2/c15-11-8-18(17-13(11)14(16)19)7-9-5-6-20-12-4-2-1-3-10(9)12/h1-4,8-9H,5-7,15H2,(H2,16,19). The molecule has 1 aliphatic rings. The summed E-state index contributed by atoms with van der Waals surface area (Å²) in [4.78, 5) is 11.2. The Morgan fingerprint density at radius 3 is 3.00 bits per heavy atom. The minimum absolute atomic E-state index is 0.130. The maximum Gasteiger partial charge on any atom is 0.271 e. The predicted molar refractivity (Wildman–Crippen MR) is 74.5 cm³/mol. The van der Waals surface area contributed by atoms with Gasteiger partial charge in [-0.1, -0.05) is 18.2 Å². The molecule has 6 heteroatoms. The third kappa shape index (κ3) is 2.20. The SMILES string of the molecule is NC(=O)c1nn(CC2CCOc3ccccc32)cc1N. The third-order valence-electron chi connectivity index (χ3n) is 3.51. The number of anilines is 1. The van der Waals surface area contributed by atoms with E-state index in [0.717, 1.165) is 17.7 Å². The number of para-hydroxylation sites is 1. The van der Waals surface area contributed by atoms with Gasteiger partial charge in [-0.05, 0) is 18.1 Å². The zero-order valence-corrected chi connectivity index (χ0v) is 11.0. The van der Waals surface area contributed by atoms with Crippen molar-refractivity contribution >= 4 is 11.6 Å². The number of carbonyl (C=O) groups excluding carboxylic acids is 1. The average Bonchev–Trinajstić information content (AvgIpc) is 2.80. The number of fused-ring (bicyclic) bond motifs is 1. The highest BCUT2D eigenvalue weighted by Gasteiger charge is 2.22. The normalized spacial score (nSPS) is 17.3. The van der Waals surface area contributed by atoms with Gasteiger partial charge in [0.25, 0.3) is 5.91 Å². The van der Waals surface area contributed by atoms with Gasteiger partial charge in [0.1, 0.15) is 5.75 Å². The molecule has 20 heavy (non-hydrogen) atoms. The lowest BCUT2D eigenvalue weighted by Crippen LogP contribution is -2.19. The summed E-state index contributed by atoms with van der Waals surface area (Å²) in [6.07, 6.45) is 2.56. The second-order valence-corrected chi connectivity index (χ2v) is 4.89. The number of rotatable bonds is 3. The molecule has 0 spiro atoms. The summed E-state index contributed by atoms with van der Waals surface area (Å²) >= 11 is 0. The topological polar surface area (TPSA) is 96.2 Å². The van der Waals surface area contributed by atoms with Crippen LogP contribution in [0.4, 0.5) is 5.69 Å². The third-order valence-corrected chi connectivity index (χ3v) is 3.51. The summed E-state index contributed by atoms with van der Waals surface area (Å²) in [6.45, 7) is 1.33. The maximum absolute atomic E-state index is 11.2. The van der Waals surface area contributed by atoms with Crippen LogP contribution in [0.25, 0.3) is 0 Å². The van der Waals surface area contributed by atoms with Gasteiger partial charge >= 0.3 is 0 Å². The van der Waals surface area contributed by atoms with Crippen molar-refractivity contribution in [1.29, 1.82) is 0 Å². The number of aromatic nitrogens is 2. The molecule has 0 radical (unpaired) electrons. The molecule has 104 valence electrons. The van der Waals surface area contributed by atoms with E-state index in [2.05, 4.69) is 11.2 Å². The molecule has 4 N–H and O–H groups in total. The Bertz CT molecular complexity index is 650. The molecule has 0 aliphatic carbocycles. The lowest BCUT2D eigenvalue weighted by atomic mass is 9.93. The van der Waals surface area contributed by atoms with E-state index in [1.807, 2.05) is 18.2 Å². The molecule has 1 atom stereocenters. The molecule has 1 aliphatic heterocycles. The first kappa shape index (κ1) is 12.5. The molecule has 0 saturated heterocycles. The van der Waals surface area contributed by atoms with Gasteiger partial charge in [-0.25, -0.2) is 0 Å².